The van der Waals surface area contributed by atoms with Crippen molar-refractivity contribution in [2.24, 2.45) is 0 Å². The van der Waals surface area contributed by atoms with E-state index in [2.05, 4.69) is 11.4 Å². The standard InChI is InChI=1S/C27H26N2O3S/c1-19-7-6-10-21(15-19)18-29-23-17-22(26(30)28-13-14-32-2)11-12-24(23)33-25(27(29)31)16-20-8-4-3-5-9-20/h3-12,15-17H,13-14,18H2,1-2H3,(H,28,30). The van der Waals surface area contributed by atoms with Crippen LogP contribution in [-0.4, -0.2) is 32.1 Å². The van der Waals surface area contributed by atoms with Crippen LogP contribution in [0.25, 0.3) is 6.08 Å². The molecule has 0 saturated heterocycles. The number of amides is 2. The van der Waals surface area contributed by atoms with Gasteiger partial charge in [0.05, 0.1) is 23.7 Å². The molecule has 3 aromatic rings. The van der Waals surface area contributed by atoms with E-state index in [1.165, 1.54) is 11.8 Å². The van der Waals surface area contributed by atoms with Crippen LogP contribution >= 0.6 is 11.8 Å². The van der Waals surface area contributed by atoms with Crippen LogP contribution in [0.3, 0.4) is 0 Å². The van der Waals surface area contributed by atoms with E-state index in [0.717, 1.165) is 27.3 Å². The molecule has 0 aromatic heterocycles. The van der Waals surface area contributed by atoms with Crippen LogP contribution in [0.15, 0.2) is 82.6 Å². The SMILES string of the molecule is COCCNC(=O)c1ccc2c(c1)N(Cc1cccc(C)c1)C(=O)C(=Cc1ccccc1)S2. The third-order valence-corrected chi connectivity index (χ3v) is 6.38. The molecule has 0 saturated carbocycles. The Morgan fingerprint density at radius 3 is 2.64 bits per heavy atom. The summed E-state index contributed by atoms with van der Waals surface area (Å²) in [6, 6.07) is 23.5. The van der Waals surface area contributed by atoms with Crippen molar-refractivity contribution in [3.05, 3.63) is 100.0 Å². The maximum atomic E-state index is 13.6. The van der Waals surface area contributed by atoms with Crippen molar-refractivity contribution < 1.29 is 14.3 Å². The molecule has 0 radical (unpaired) electrons. The Balaban J connectivity index is 1.71. The first-order valence-electron chi connectivity index (χ1n) is 10.8. The van der Waals surface area contributed by atoms with E-state index < -0.39 is 0 Å². The highest BCUT2D eigenvalue weighted by Gasteiger charge is 2.30. The summed E-state index contributed by atoms with van der Waals surface area (Å²) >= 11 is 1.44. The van der Waals surface area contributed by atoms with Gasteiger partial charge >= 0.3 is 0 Å². The van der Waals surface area contributed by atoms with E-state index in [-0.39, 0.29) is 11.8 Å². The number of anilines is 1. The molecule has 168 valence electrons. The minimum Gasteiger partial charge on any atom is -0.383 e. The number of benzene rings is 3. The predicted molar refractivity (Wildman–Crippen MR) is 133 cm³/mol. The Hall–Kier alpha value is -3.35. The molecular weight excluding hydrogens is 432 g/mol. The summed E-state index contributed by atoms with van der Waals surface area (Å²) in [5, 5.41) is 2.85. The normalized spacial score (nSPS) is 14.3. The number of hydrogen-bond donors (Lipinski definition) is 1. The molecule has 1 aliphatic heterocycles. The van der Waals surface area contributed by atoms with E-state index in [4.69, 9.17) is 4.74 Å². The summed E-state index contributed by atoms with van der Waals surface area (Å²) in [7, 11) is 1.59. The lowest BCUT2D eigenvalue weighted by molar-refractivity contribution is -0.114. The lowest BCUT2D eigenvalue weighted by Gasteiger charge is -2.31. The number of fused-ring (bicyclic) bond motifs is 1. The average Bonchev–Trinajstić information content (AvgIpc) is 2.82. The molecule has 0 bridgehead atoms. The molecule has 33 heavy (non-hydrogen) atoms. The number of ether oxygens (including phenoxy) is 1. The number of aryl methyl sites for hydroxylation is 1. The Bertz CT molecular complexity index is 1190. The average molecular weight is 459 g/mol. The minimum absolute atomic E-state index is 0.0743. The molecule has 0 fully saturated rings. The van der Waals surface area contributed by atoms with Gasteiger partial charge in [-0.3, -0.25) is 9.59 Å². The zero-order valence-electron chi connectivity index (χ0n) is 18.7. The first-order chi connectivity index (χ1) is 16.0. The second-order valence-electron chi connectivity index (χ2n) is 7.83. The van der Waals surface area contributed by atoms with Crippen LogP contribution in [0.4, 0.5) is 5.69 Å². The van der Waals surface area contributed by atoms with Crippen molar-refractivity contribution in [2.75, 3.05) is 25.2 Å². The Labute approximate surface area is 198 Å². The highest BCUT2D eigenvalue weighted by atomic mass is 32.2. The van der Waals surface area contributed by atoms with Crippen LogP contribution < -0.4 is 10.2 Å². The van der Waals surface area contributed by atoms with E-state index >= 15 is 0 Å². The zero-order valence-corrected chi connectivity index (χ0v) is 19.5. The molecule has 0 aliphatic carbocycles. The van der Waals surface area contributed by atoms with Crippen molar-refractivity contribution in [1.29, 1.82) is 0 Å². The fourth-order valence-corrected chi connectivity index (χ4v) is 4.71. The van der Waals surface area contributed by atoms with Gasteiger partial charge in [0.1, 0.15) is 0 Å². The molecule has 1 heterocycles. The fourth-order valence-electron chi connectivity index (χ4n) is 3.67. The highest BCUT2D eigenvalue weighted by molar-refractivity contribution is 8.04. The van der Waals surface area contributed by atoms with Gasteiger partial charge in [-0.2, -0.15) is 0 Å². The third kappa shape index (κ3) is 5.53. The number of thioether (sulfide) groups is 1. The van der Waals surface area contributed by atoms with Gasteiger partial charge in [-0.1, -0.05) is 71.9 Å². The third-order valence-electron chi connectivity index (χ3n) is 5.30. The molecule has 0 spiro atoms. The van der Waals surface area contributed by atoms with Crippen LogP contribution in [0, 0.1) is 6.92 Å². The van der Waals surface area contributed by atoms with Gasteiger partial charge in [0.25, 0.3) is 11.8 Å². The largest absolute Gasteiger partial charge is 0.383 e. The van der Waals surface area contributed by atoms with Crippen molar-refractivity contribution >= 4 is 35.3 Å². The second-order valence-corrected chi connectivity index (χ2v) is 8.92. The summed E-state index contributed by atoms with van der Waals surface area (Å²) in [5.74, 6) is -0.261. The summed E-state index contributed by atoms with van der Waals surface area (Å²) in [4.78, 5) is 29.6. The van der Waals surface area contributed by atoms with Gasteiger partial charge in [-0.05, 0) is 42.3 Å². The number of hydrogen-bond acceptors (Lipinski definition) is 4. The molecular formula is C27H26N2O3S. The number of carbonyl (C=O) groups excluding carboxylic acids is 2. The molecule has 1 aliphatic rings. The van der Waals surface area contributed by atoms with Crippen LogP contribution in [0.1, 0.15) is 27.0 Å². The fraction of sp³-hybridized carbons (Fsp3) is 0.185. The molecule has 4 rings (SSSR count). The Kier molecular flexibility index (Phi) is 7.27. The van der Waals surface area contributed by atoms with Crippen molar-refractivity contribution in [2.45, 2.75) is 18.4 Å². The number of rotatable bonds is 7. The minimum atomic E-state index is -0.187. The van der Waals surface area contributed by atoms with Crippen LogP contribution in [0.5, 0.6) is 0 Å². The number of nitrogens with one attached hydrogen (secondary N) is 1. The molecule has 3 aromatic carbocycles. The van der Waals surface area contributed by atoms with Crippen LogP contribution in [-0.2, 0) is 16.1 Å². The summed E-state index contributed by atoms with van der Waals surface area (Å²) in [5.41, 5.74) is 4.41. The smallest absolute Gasteiger partial charge is 0.265 e. The van der Waals surface area contributed by atoms with Crippen molar-refractivity contribution in [3.63, 3.8) is 0 Å². The van der Waals surface area contributed by atoms with Gasteiger partial charge in [0.2, 0.25) is 0 Å². The van der Waals surface area contributed by atoms with E-state index in [0.29, 0.717) is 30.2 Å². The Morgan fingerprint density at radius 1 is 1.06 bits per heavy atom. The van der Waals surface area contributed by atoms with E-state index in [9.17, 15) is 9.59 Å². The molecule has 6 heteroatoms. The van der Waals surface area contributed by atoms with Gasteiger partial charge < -0.3 is 15.0 Å². The molecule has 1 N–H and O–H groups in total. The first kappa shape index (κ1) is 22.8. The van der Waals surface area contributed by atoms with Gasteiger partial charge in [0.15, 0.2) is 0 Å². The van der Waals surface area contributed by atoms with E-state index in [1.807, 2.05) is 67.6 Å². The van der Waals surface area contributed by atoms with Gasteiger partial charge in [0, 0.05) is 24.1 Å². The topological polar surface area (TPSA) is 58.6 Å². The van der Waals surface area contributed by atoms with Gasteiger partial charge in [-0.25, -0.2) is 0 Å². The molecule has 0 unspecified atom stereocenters. The lowest BCUT2D eigenvalue weighted by Crippen LogP contribution is -2.34. The predicted octanol–water partition coefficient (Wildman–Crippen LogP) is 5.05. The summed E-state index contributed by atoms with van der Waals surface area (Å²) in [6.07, 6.45) is 1.92. The summed E-state index contributed by atoms with van der Waals surface area (Å²) in [6.45, 7) is 3.33. The number of methoxy groups -OCH3 is 1. The van der Waals surface area contributed by atoms with Gasteiger partial charge in [-0.15, -0.1) is 0 Å². The number of nitrogens with zero attached hydrogens (tertiary/aromatic N) is 1. The zero-order chi connectivity index (χ0) is 23.2. The molecule has 5 nitrogen and oxygen atoms in total. The number of carbonyl (C=O) groups is 2. The molecule has 0 atom stereocenters. The monoisotopic (exact) mass is 458 g/mol. The van der Waals surface area contributed by atoms with E-state index in [1.54, 1.807) is 24.1 Å². The first-order valence-corrected chi connectivity index (χ1v) is 11.6. The summed E-state index contributed by atoms with van der Waals surface area (Å²) < 4.78 is 5.01. The highest BCUT2D eigenvalue weighted by Crippen LogP contribution is 2.43. The quantitative estimate of drug-likeness (QED) is 0.398. The lowest BCUT2D eigenvalue weighted by atomic mass is 10.1. The maximum Gasteiger partial charge on any atom is 0.265 e. The second kappa shape index (κ2) is 10.5. The maximum absolute atomic E-state index is 13.6. The Morgan fingerprint density at radius 2 is 1.88 bits per heavy atom. The van der Waals surface area contributed by atoms with Crippen LogP contribution in [0.2, 0.25) is 0 Å². The van der Waals surface area contributed by atoms with Crippen molar-refractivity contribution in [1.82, 2.24) is 5.32 Å². The molecule has 2 amide bonds. The van der Waals surface area contributed by atoms with Crippen molar-refractivity contribution in [3.8, 4) is 0 Å².